The number of fused-ring (bicyclic) bond motifs is 1. The van der Waals surface area contributed by atoms with Crippen LogP contribution in [0.15, 0.2) is 35.4 Å². The van der Waals surface area contributed by atoms with E-state index in [4.69, 9.17) is 16.3 Å². The van der Waals surface area contributed by atoms with Gasteiger partial charge in [-0.15, -0.1) is 0 Å². The molecule has 2 heterocycles. The molecule has 1 aromatic carbocycles. The van der Waals surface area contributed by atoms with Crippen molar-refractivity contribution in [3.05, 3.63) is 62.8 Å². The quantitative estimate of drug-likeness (QED) is 0.592. The standard InChI is InChI=1S/C21H18ClF2N3O5/c1-10-5-17(26-20(30)31-21(2,3)4)25-8-16(10)27-9-12(19(29)32-24)18(28)11-6-13(22)14(23)7-15(11)27/h5-9H,1-4H3,(H,25,26,30). The second-order valence-corrected chi connectivity index (χ2v) is 8.28. The lowest BCUT2D eigenvalue weighted by Gasteiger charge is -2.20. The number of hydrogen-bond acceptors (Lipinski definition) is 6. The molecule has 2 aromatic heterocycles. The van der Waals surface area contributed by atoms with Crippen molar-refractivity contribution in [3.63, 3.8) is 0 Å². The van der Waals surface area contributed by atoms with E-state index < -0.39 is 34.5 Å². The molecule has 0 saturated heterocycles. The highest BCUT2D eigenvalue weighted by molar-refractivity contribution is 6.31. The lowest BCUT2D eigenvalue weighted by Crippen LogP contribution is -2.27. The maximum absolute atomic E-state index is 14.2. The number of benzene rings is 1. The van der Waals surface area contributed by atoms with Gasteiger partial charge in [-0.2, -0.15) is 0 Å². The zero-order valence-electron chi connectivity index (χ0n) is 17.5. The van der Waals surface area contributed by atoms with E-state index in [9.17, 15) is 23.3 Å². The summed E-state index contributed by atoms with van der Waals surface area (Å²) in [5.74, 6) is -2.15. The molecule has 0 aliphatic rings. The first-order valence-corrected chi connectivity index (χ1v) is 9.63. The summed E-state index contributed by atoms with van der Waals surface area (Å²) in [7, 11) is 0. The zero-order valence-corrected chi connectivity index (χ0v) is 18.2. The molecule has 0 aliphatic heterocycles. The molecule has 0 radical (unpaired) electrons. The van der Waals surface area contributed by atoms with Crippen LogP contribution in [0.2, 0.25) is 5.02 Å². The predicted octanol–water partition coefficient (Wildman–Crippen LogP) is 4.87. The van der Waals surface area contributed by atoms with E-state index in [0.717, 1.165) is 18.3 Å². The topological polar surface area (TPSA) is 99.5 Å². The molecule has 0 bridgehead atoms. The fourth-order valence-corrected chi connectivity index (χ4v) is 3.15. The fourth-order valence-electron chi connectivity index (χ4n) is 2.98. The summed E-state index contributed by atoms with van der Waals surface area (Å²) in [5, 5.41) is 2.01. The molecule has 11 heteroatoms. The van der Waals surface area contributed by atoms with E-state index in [1.54, 1.807) is 27.7 Å². The molecule has 3 rings (SSSR count). The summed E-state index contributed by atoms with van der Waals surface area (Å²) < 4.78 is 33.2. The highest BCUT2D eigenvalue weighted by Gasteiger charge is 2.21. The van der Waals surface area contributed by atoms with Crippen molar-refractivity contribution in [1.82, 2.24) is 9.55 Å². The molecule has 0 atom stereocenters. The molecule has 0 fully saturated rings. The number of carbonyl (C=O) groups excluding carboxylic acids is 2. The van der Waals surface area contributed by atoms with Crippen molar-refractivity contribution in [2.45, 2.75) is 33.3 Å². The van der Waals surface area contributed by atoms with Gasteiger partial charge >= 0.3 is 12.1 Å². The zero-order chi connectivity index (χ0) is 23.8. The van der Waals surface area contributed by atoms with Crippen LogP contribution in [-0.2, 0) is 9.68 Å². The van der Waals surface area contributed by atoms with Gasteiger partial charge < -0.3 is 9.30 Å². The minimum Gasteiger partial charge on any atom is -0.444 e. The Morgan fingerprint density at radius 2 is 1.91 bits per heavy atom. The van der Waals surface area contributed by atoms with Gasteiger partial charge in [-0.1, -0.05) is 11.6 Å². The van der Waals surface area contributed by atoms with Crippen molar-refractivity contribution in [2.24, 2.45) is 0 Å². The van der Waals surface area contributed by atoms with E-state index in [-0.39, 0.29) is 21.7 Å². The fraction of sp³-hybridized carbons (Fsp3) is 0.238. The number of nitrogens with one attached hydrogen (secondary N) is 1. The molecule has 0 saturated carbocycles. The van der Waals surface area contributed by atoms with Gasteiger partial charge in [-0.05, 0) is 45.4 Å². The minimum absolute atomic E-state index is 0.0602. The highest BCUT2D eigenvalue weighted by atomic mass is 35.5. The van der Waals surface area contributed by atoms with Crippen LogP contribution in [0.5, 0.6) is 0 Å². The van der Waals surface area contributed by atoms with Gasteiger partial charge in [0.2, 0.25) is 5.43 Å². The van der Waals surface area contributed by atoms with E-state index in [1.807, 2.05) is 0 Å². The summed E-state index contributed by atoms with van der Waals surface area (Å²) in [6.07, 6.45) is 1.63. The summed E-state index contributed by atoms with van der Waals surface area (Å²) >= 11 is 5.79. The van der Waals surface area contributed by atoms with Crippen molar-refractivity contribution in [1.29, 1.82) is 0 Å². The molecular weight excluding hydrogens is 448 g/mol. The van der Waals surface area contributed by atoms with Crippen molar-refractivity contribution >= 4 is 40.4 Å². The first-order chi connectivity index (χ1) is 14.9. The number of rotatable bonds is 3. The number of pyridine rings is 2. The van der Waals surface area contributed by atoms with Gasteiger partial charge in [0.15, 0.2) is 0 Å². The van der Waals surface area contributed by atoms with E-state index in [0.29, 0.717) is 11.3 Å². The Hall–Kier alpha value is -3.53. The number of aryl methyl sites for hydroxylation is 1. The molecule has 1 N–H and O–H groups in total. The molecule has 3 aromatic rings. The number of aromatic nitrogens is 2. The Kier molecular flexibility index (Phi) is 6.18. The summed E-state index contributed by atoms with van der Waals surface area (Å²) in [6.45, 7) is 6.78. The van der Waals surface area contributed by atoms with Gasteiger partial charge in [-0.3, -0.25) is 10.1 Å². The van der Waals surface area contributed by atoms with Crippen LogP contribution in [0.1, 0.15) is 36.7 Å². The van der Waals surface area contributed by atoms with Crippen LogP contribution in [0.3, 0.4) is 0 Å². The van der Waals surface area contributed by atoms with Crippen LogP contribution in [0.25, 0.3) is 16.6 Å². The number of amides is 1. The van der Waals surface area contributed by atoms with Crippen LogP contribution in [0.4, 0.5) is 19.5 Å². The maximum atomic E-state index is 14.2. The molecule has 8 nitrogen and oxygen atoms in total. The molecule has 168 valence electrons. The summed E-state index contributed by atoms with van der Waals surface area (Å²) in [4.78, 5) is 43.7. The molecule has 0 aliphatic carbocycles. The Balaban J connectivity index is 2.15. The number of carbonyl (C=O) groups is 2. The Morgan fingerprint density at radius 3 is 2.50 bits per heavy atom. The number of hydrogen-bond donors (Lipinski definition) is 1. The minimum atomic E-state index is -1.51. The first kappa shape index (κ1) is 23.1. The van der Waals surface area contributed by atoms with Gasteiger partial charge in [0.1, 0.15) is 22.8 Å². The smallest absolute Gasteiger partial charge is 0.413 e. The molecule has 0 unspecified atom stereocenters. The molecule has 32 heavy (non-hydrogen) atoms. The summed E-state index contributed by atoms with van der Waals surface area (Å²) in [5.41, 5.74) is -1.32. The monoisotopic (exact) mass is 465 g/mol. The van der Waals surface area contributed by atoms with Gasteiger partial charge in [0.05, 0.1) is 22.4 Å². The second-order valence-electron chi connectivity index (χ2n) is 7.87. The Labute approximate surface area is 185 Å². The van der Waals surface area contributed by atoms with Crippen LogP contribution in [0, 0.1) is 12.7 Å². The summed E-state index contributed by atoms with van der Waals surface area (Å²) in [6, 6.07) is 3.56. The lowest BCUT2D eigenvalue weighted by molar-refractivity contribution is -0.0789. The highest BCUT2D eigenvalue weighted by Crippen LogP contribution is 2.26. The Morgan fingerprint density at radius 1 is 1.22 bits per heavy atom. The van der Waals surface area contributed by atoms with Crippen LogP contribution < -0.4 is 10.7 Å². The molecule has 0 spiro atoms. The third-order valence-electron chi connectivity index (χ3n) is 4.31. The average Bonchev–Trinajstić information content (AvgIpc) is 2.68. The van der Waals surface area contributed by atoms with E-state index in [1.165, 1.54) is 16.8 Å². The maximum Gasteiger partial charge on any atom is 0.413 e. The SMILES string of the molecule is Cc1cc(NC(=O)OC(C)(C)C)ncc1-n1cc(C(=O)OF)c(=O)c2cc(Cl)c(F)cc21. The number of nitrogens with zero attached hydrogens (tertiary/aromatic N) is 2. The number of ether oxygens (including phenoxy) is 1. The lowest BCUT2D eigenvalue weighted by atomic mass is 10.1. The van der Waals surface area contributed by atoms with E-state index >= 15 is 0 Å². The number of anilines is 1. The number of halogens is 3. The largest absolute Gasteiger partial charge is 0.444 e. The average molecular weight is 466 g/mol. The van der Waals surface area contributed by atoms with Gasteiger partial charge in [0, 0.05) is 22.2 Å². The normalized spacial score (nSPS) is 11.3. The third-order valence-corrected chi connectivity index (χ3v) is 4.60. The van der Waals surface area contributed by atoms with Crippen molar-refractivity contribution < 1.29 is 28.2 Å². The van der Waals surface area contributed by atoms with E-state index in [2.05, 4.69) is 15.2 Å². The van der Waals surface area contributed by atoms with Crippen molar-refractivity contribution in [2.75, 3.05) is 5.32 Å². The third kappa shape index (κ3) is 4.70. The van der Waals surface area contributed by atoms with Crippen molar-refractivity contribution in [3.8, 4) is 5.69 Å². The van der Waals surface area contributed by atoms with Crippen LogP contribution in [-0.4, -0.2) is 27.2 Å². The molecule has 1 amide bonds. The Bertz CT molecular complexity index is 1300. The van der Waals surface area contributed by atoms with Crippen LogP contribution >= 0.6 is 11.6 Å². The van der Waals surface area contributed by atoms with Gasteiger partial charge in [-0.25, -0.2) is 23.9 Å². The first-order valence-electron chi connectivity index (χ1n) is 9.25. The predicted molar refractivity (Wildman–Crippen MR) is 113 cm³/mol. The molecular formula is C21H18ClF2N3O5. The van der Waals surface area contributed by atoms with Gasteiger partial charge in [0.25, 0.3) is 0 Å². The second kappa shape index (κ2) is 8.54.